The first-order valence-corrected chi connectivity index (χ1v) is 13.9. The first kappa shape index (κ1) is 24.8. The molecule has 1 aliphatic rings. The van der Waals surface area contributed by atoms with E-state index in [0.29, 0.717) is 5.56 Å². The molecule has 0 N–H and O–H groups in total. The van der Waals surface area contributed by atoms with Crippen LogP contribution in [0.4, 0.5) is 0 Å². The molecule has 1 heterocycles. The molecule has 0 saturated carbocycles. The molecule has 0 spiro atoms. The zero-order valence-electron chi connectivity index (χ0n) is 23.1. The predicted octanol–water partition coefficient (Wildman–Crippen LogP) is 9.93. The lowest BCUT2D eigenvalue weighted by molar-refractivity contribution is 0.664. The van der Waals surface area contributed by atoms with Gasteiger partial charge in [-0.1, -0.05) is 117 Å². The van der Waals surface area contributed by atoms with Crippen molar-refractivity contribution in [2.75, 3.05) is 0 Å². The third-order valence-corrected chi connectivity index (χ3v) is 8.40. The van der Waals surface area contributed by atoms with Gasteiger partial charge in [0.15, 0.2) is 0 Å². The summed E-state index contributed by atoms with van der Waals surface area (Å²) in [5, 5.41) is 9.13. The number of nitrogens with zero attached hydrogens (tertiary/aromatic N) is 2. The van der Waals surface area contributed by atoms with Crippen LogP contribution in [0.25, 0.3) is 55.6 Å². The summed E-state index contributed by atoms with van der Waals surface area (Å²) in [6.07, 6.45) is 3.72. The summed E-state index contributed by atoms with van der Waals surface area (Å²) in [6.45, 7) is 4.72. The van der Waals surface area contributed by atoms with E-state index >= 15 is 0 Å². The zero-order chi connectivity index (χ0) is 28.0. The molecule has 1 aliphatic carbocycles. The van der Waals surface area contributed by atoms with Crippen LogP contribution in [-0.4, -0.2) is 4.98 Å². The Morgan fingerprint density at radius 2 is 0.927 bits per heavy atom. The number of hydrogen-bond donors (Lipinski definition) is 0. The molecule has 2 heteroatoms. The molecule has 0 fully saturated rings. The second-order valence-electron chi connectivity index (χ2n) is 11.2. The molecule has 1 aromatic heterocycles. The summed E-state index contributed by atoms with van der Waals surface area (Å²) in [5.74, 6) is 0. The molecule has 0 bridgehead atoms. The molecule has 7 rings (SSSR count). The minimum atomic E-state index is -0.175. The van der Waals surface area contributed by atoms with Gasteiger partial charge in [0.05, 0.1) is 11.6 Å². The molecule has 0 radical (unpaired) electrons. The van der Waals surface area contributed by atoms with E-state index < -0.39 is 0 Å². The van der Waals surface area contributed by atoms with Crippen molar-refractivity contribution in [1.29, 1.82) is 5.26 Å². The summed E-state index contributed by atoms with van der Waals surface area (Å²) >= 11 is 0. The van der Waals surface area contributed by atoms with Crippen LogP contribution in [-0.2, 0) is 5.41 Å². The van der Waals surface area contributed by atoms with Crippen LogP contribution in [0.3, 0.4) is 0 Å². The van der Waals surface area contributed by atoms with E-state index in [-0.39, 0.29) is 5.41 Å². The van der Waals surface area contributed by atoms with Crippen LogP contribution < -0.4 is 0 Å². The van der Waals surface area contributed by atoms with Gasteiger partial charge in [-0.25, -0.2) is 0 Å². The van der Waals surface area contributed by atoms with Crippen molar-refractivity contribution < 1.29 is 0 Å². The molecule has 0 unspecified atom stereocenters. The SMILES string of the molecule is CC1(C)c2c(-c3ccc(-c4ccc(C#N)cc4)cc3)cccc2-c2cccc(-c3ccc(-c4cccnc4)cc3)c21. The quantitative estimate of drug-likeness (QED) is 0.230. The Morgan fingerprint density at radius 1 is 0.488 bits per heavy atom. The first-order valence-electron chi connectivity index (χ1n) is 13.9. The van der Waals surface area contributed by atoms with Crippen LogP contribution in [0.1, 0.15) is 30.5 Å². The van der Waals surface area contributed by atoms with E-state index in [9.17, 15) is 0 Å². The van der Waals surface area contributed by atoms with E-state index in [1.54, 1.807) is 0 Å². The van der Waals surface area contributed by atoms with Crippen molar-refractivity contribution in [1.82, 2.24) is 4.98 Å². The Hall–Kier alpha value is -5.26. The highest BCUT2D eigenvalue weighted by Crippen LogP contribution is 2.55. The first-order chi connectivity index (χ1) is 20.0. The van der Waals surface area contributed by atoms with Crippen LogP contribution in [0.15, 0.2) is 134 Å². The summed E-state index contributed by atoms with van der Waals surface area (Å²) in [7, 11) is 0. The second kappa shape index (κ2) is 9.73. The molecule has 6 aromatic rings. The van der Waals surface area contributed by atoms with Crippen molar-refractivity contribution in [3.8, 4) is 61.7 Å². The number of hydrogen-bond acceptors (Lipinski definition) is 2. The largest absolute Gasteiger partial charge is 0.264 e. The van der Waals surface area contributed by atoms with Gasteiger partial charge in [-0.3, -0.25) is 4.98 Å². The van der Waals surface area contributed by atoms with E-state index in [1.807, 2.05) is 42.7 Å². The summed E-state index contributed by atoms with van der Waals surface area (Å²) in [5.41, 5.74) is 15.4. The number of benzene rings is 5. The van der Waals surface area contributed by atoms with Crippen molar-refractivity contribution in [2.24, 2.45) is 0 Å². The van der Waals surface area contributed by atoms with Crippen LogP contribution >= 0.6 is 0 Å². The Balaban J connectivity index is 1.28. The number of rotatable bonds is 4. The number of aromatic nitrogens is 1. The maximum absolute atomic E-state index is 9.13. The third-order valence-electron chi connectivity index (χ3n) is 8.40. The van der Waals surface area contributed by atoms with E-state index in [2.05, 4.69) is 116 Å². The van der Waals surface area contributed by atoms with E-state index in [0.717, 1.165) is 16.7 Å². The fourth-order valence-corrected chi connectivity index (χ4v) is 6.46. The standard InChI is InChI=1S/C39H28N2/c1-39(2)37-33(30-19-15-28(16-20-30)27-13-11-26(24-40)12-14-27)7-3-9-35(37)36-10-4-8-34(38(36)39)31-21-17-29(18-22-31)32-6-5-23-41-25-32/h3-23,25H,1-2H3. The van der Waals surface area contributed by atoms with Crippen molar-refractivity contribution >= 4 is 0 Å². The molecule has 194 valence electrons. The minimum absolute atomic E-state index is 0.175. The highest BCUT2D eigenvalue weighted by molar-refractivity contribution is 5.93. The fourth-order valence-electron chi connectivity index (χ4n) is 6.46. The Morgan fingerprint density at radius 3 is 1.39 bits per heavy atom. The normalized spacial score (nSPS) is 12.8. The van der Waals surface area contributed by atoms with Gasteiger partial charge in [0.2, 0.25) is 0 Å². The van der Waals surface area contributed by atoms with Crippen LogP contribution in [0.5, 0.6) is 0 Å². The Bertz CT molecular complexity index is 1920. The van der Waals surface area contributed by atoms with Gasteiger partial charge in [0.25, 0.3) is 0 Å². The molecule has 5 aromatic carbocycles. The topological polar surface area (TPSA) is 36.7 Å². The predicted molar refractivity (Wildman–Crippen MR) is 168 cm³/mol. The monoisotopic (exact) mass is 524 g/mol. The average molecular weight is 525 g/mol. The summed E-state index contributed by atoms with van der Waals surface area (Å²) in [6, 6.07) is 45.1. The maximum atomic E-state index is 9.13. The summed E-state index contributed by atoms with van der Waals surface area (Å²) < 4.78 is 0. The van der Waals surface area contributed by atoms with Gasteiger partial charge in [-0.2, -0.15) is 5.26 Å². The van der Waals surface area contributed by atoms with E-state index in [1.165, 1.54) is 50.1 Å². The number of nitriles is 1. The third kappa shape index (κ3) is 4.15. The van der Waals surface area contributed by atoms with Gasteiger partial charge >= 0.3 is 0 Å². The summed E-state index contributed by atoms with van der Waals surface area (Å²) in [4.78, 5) is 4.28. The second-order valence-corrected chi connectivity index (χ2v) is 11.2. The molecule has 0 amide bonds. The van der Waals surface area contributed by atoms with Crippen molar-refractivity contribution in [2.45, 2.75) is 19.3 Å². The molecule has 0 saturated heterocycles. The minimum Gasteiger partial charge on any atom is -0.264 e. The lowest BCUT2D eigenvalue weighted by Gasteiger charge is -2.27. The van der Waals surface area contributed by atoms with Crippen LogP contribution in [0, 0.1) is 11.3 Å². The van der Waals surface area contributed by atoms with Gasteiger partial charge in [-0.15, -0.1) is 0 Å². The molecule has 0 atom stereocenters. The van der Waals surface area contributed by atoms with Crippen molar-refractivity contribution in [3.05, 3.63) is 150 Å². The fraction of sp³-hybridized carbons (Fsp3) is 0.0769. The molecule has 41 heavy (non-hydrogen) atoms. The van der Waals surface area contributed by atoms with E-state index in [4.69, 9.17) is 5.26 Å². The molecule has 0 aliphatic heterocycles. The smallest absolute Gasteiger partial charge is 0.0991 e. The Labute approximate surface area is 241 Å². The lowest BCUT2D eigenvalue weighted by Crippen LogP contribution is -2.17. The van der Waals surface area contributed by atoms with Gasteiger partial charge in [-0.05, 0) is 85.0 Å². The Kier molecular flexibility index (Phi) is 5.88. The van der Waals surface area contributed by atoms with Gasteiger partial charge in [0.1, 0.15) is 0 Å². The molecule has 2 nitrogen and oxygen atoms in total. The zero-order valence-corrected chi connectivity index (χ0v) is 23.1. The maximum Gasteiger partial charge on any atom is 0.0991 e. The average Bonchev–Trinajstić information content (AvgIpc) is 3.28. The molecular formula is C39H28N2. The number of pyridine rings is 1. The lowest BCUT2D eigenvalue weighted by atomic mass is 9.76. The van der Waals surface area contributed by atoms with Gasteiger partial charge < -0.3 is 0 Å². The number of fused-ring (bicyclic) bond motifs is 3. The molecular weight excluding hydrogens is 496 g/mol. The van der Waals surface area contributed by atoms with Gasteiger partial charge in [0, 0.05) is 17.8 Å². The highest BCUT2D eigenvalue weighted by atomic mass is 14.6. The van der Waals surface area contributed by atoms with Crippen LogP contribution in [0.2, 0.25) is 0 Å². The van der Waals surface area contributed by atoms with Crippen molar-refractivity contribution in [3.63, 3.8) is 0 Å². The highest BCUT2D eigenvalue weighted by Gasteiger charge is 2.39.